The van der Waals surface area contributed by atoms with Crippen LogP contribution in [0.3, 0.4) is 0 Å². The van der Waals surface area contributed by atoms with Crippen LogP contribution in [-0.4, -0.2) is 52.6 Å². The molecule has 2 aromatic heterocycles. The monoisotopic (exact) mass is 622 g/mol. The van der Waals surface area contributed by atoms with E-state index in [0.717, 1.165) is 52.7 Å². The molecule has 1 aliphatic heterocycles. The van der Waals surface area contributed by atoms with Gasteiger partial charge < -0.3 is 14.0 Å². The Balaban J connectivity index is 1.46. The maximum Gasteiger partial charge on any atom is 0.198 e. The summed E-state index contributed by atoms with van der Waals surface area (Å²) >= 11 is 0. The van der Waals surface area contributed by atoms with Crippen molar-refractivity contribution in [2.24, 2.45) is 0 Å². The zero-order valence-corrected chi connectivity index (χ0v) is 27.5. The standard InChI is InChI=1S/C35H39FN6O2Si/c1-24-19-27(36)12-13-28(24)32-35-38-34(39-42(35)16-15-40(32)22-25-9-7-6-8-10-25)31-20-29-30(14-11-26(21-37)33(29)43-2)41(31)23-44-17-18-45(3,4)5/h6-14,19-20,32H,15-18,22-23H2,1-5H3. The zero-order valence-electron chi connectivity index (χ0n) is 26.5. The van der Waals surface area contributed by atoms with Crippen LogP contribution < -0.4 is 4.74 Å². The third kappa shape index (κ3) is 6.29. The number of rotatable bonds is 10. The number of nitrogens with zero attached hydrogens (tertiary/aromatic N) is 6. The molecule has 1 atom stereocenters. The summed E-state index contributed by atoms with van der Waals surface area (Å²) in [6.07, 6.45) is 0. The molecule has 0 saturated heterocycles. The Kier molecular flexibility index (Phi) is 8.60. The average Bonchev–Trinajstić information content (AvgIpc) is 3.61. The maximum atomic E-state index is 14.2. The number of hydrogen-bond donors (Lipinski definition) is 0. The topological polar surface area (TPSA) is 81.1 Å². The molecule has 0 fully saturated rings. The minimum atomic E-state index is -1.27. The second-order valence-corrected chi connectivity index (χ2v) is 18.5. The van der Waals surface area contributed by atoms with E-state index in [2.05, 4.69) is 59.4 Å². The molecule has 0 bridgehead atoms. The molecule has 5 aromatic rings. The lowest BCUT2D eigenvalue weighted by Gasteiger charge is -2.36. The van der Waals surface area contributed by atoms with Gasteiger partial charge in [-0.25, -0.2) is 14.1 Å². The van der Waals surface area contributed by atoms with Gasteiger partial charge in [-0.2, -0.15) is 5.26 Å². The number of aromatic nitrogens is 4. The van der Waals surface area contributed by atoms with E-state index < -0.39 is 8.07 Å². The van der Waals surface area contributed by atoms with Crippen molar-refractivity contribution >= 4 is 19.0 Å². The van der Waals surface area contributed by atoms with Crippen LogP contribution in [0.15, 0.2) is 66.7 Å². The molecule has 0 radical (unpaired) electrons. The molecule has 0 aliphatic carbocycles. The molecule has 10 heteroatoms. The Morgan fingerprint density at radius 3 is 2.56 bits per heavy atom. The Hall–Kier alpha value is -4.30. The van der Waals surface area contributed by atoms with E-state index in [1.54, 1.807) is 19.2 Å². The van der Waals surface area contributed by atoms with Gasteiger partial charge in [-0.05, 0) is 60.0 Å². The Labute approximate surface area is 264 Å². The fourth-order valence-electron chi connectivity index (χ4n) is 6.09. The van der Waals surface area contributed by atoms with Crippen molar-refractivity contribution in [1.29, 1.82) is 5.26 Å². The molecule has 0 amide bonds. The van der Waals surface area contributed by atoms with E-state index >= 15 is 0 Å². The van der Waals surface area contributed by atoms with Crippen LogP contribution in [0.4, 0.5) is 4.39 Å². The minimum absolute atomic E-state index is 0.216. The van der Waals surface area contributed by atoms with E-state index in [1.807, 2.05) is 35.9 Å². The molecule has 1 aliphatic rings. The Morgan fingerprint density at radius 1 is 1.04 bits per heavy atom. The van der Waals surface area contributed by atoms with Gasteiger partial charge in [0, 0.05) is 33.2 Å². The molecule has 232 valence electrons. The first-order valence-corrected chi connectivity index (χ1v) is 19.0. The van der Waals surface area contributed by atoms with Crippen molar-refractivity contribution < 1.29 is 13.9 Å². The summed E-state index contributed by atoms with van der Waals surface area (Å²) < 4.78 is 30.3. The third-order valence-electron chi connectivity index (χ3n) is 8.47. The first-order valence-electron chi connectivity index (χ1n) is 15.3. The summed E-state index contributed by atoms with van der Waals surface area (Å²) in [5.41, 5.74) is 5.22. The number of aryl methyl sites for hydroxylation is 1. The van der Waals surface area contributed by atoms with Crippen LogP contribution in [-0.2, 0) is 24.6 Å². The number of hydrogen-bond acceptors (Lipinski definition) is 6. The number of halogens is 1. The third-order valence-corrected chi connectivity index (χ3v) is 10.2. The highest BCUT2D eigenvalue weighted by atomic mass is 28.3. The summed E-state index contributed by atoms with van der Waals surface area (Å²) in [4.78, 5) is 7.59. The van der Waals surface area contributed by atoms with Gasteiger partial charge >= 0.3 is 0 Å². The van der Waals surface area contributed by atoms with Gasteiger partial charge in [0.2, 0.25) is 0 Å². The van der Waals surface area contributed by atoms with Crippen molar-refractivity contribution in [3.8, 4) is 23.3 Å². The molecule has 1 unspecified atom stereocenters. The smallest absolute Gasteiger partial charge is 0.198 e. The van der Waals surface area contributed by atoms with E-state index in [4.69, 9.17) is 19.6 Å². The molecule has 3 aromatic carbocycles. The summed E-state index contributed by atoms with van der Waals surface area (Å²) in [6.45, 7) is 12.1. The molecule has 45 heavy (non-hydrogen) atoms. The highest BCUT2D eigenvalue weighted by molar-refractivity contribution is 6.76. The highest BCUT2D eigenvalue weighted by Gasteiger charge is 2.34. The molecule has 3 heterocycles. The second kappa shape index (κ2) is 12.6. The fourth-order valence-corrected chi connectivity index (χ4v) is 6.85. The number of benzene rings is 3. The van der Waals surface area contributed by atoms with Crippen LogP contribution >= 0.6 is 0 Å². The number of ether oxygens (including phenoxy) is 2. The van der Waals surface area contributed by atoms with E-state index in [0.29, 0.717) is 37.0 Å². The first kappa shape index (κ1) is 30.7. The van der Waals surface area contributed by atoms with Gasteiger partial charge in [-0.1, -0.05) is 56.0 Å². The molecule has 8 nitrogen and oxygen atoms in total. The second-order valence-electron chi connectivity index (χ2n) is 12.9. The lowest BCUT2D eigenvalue weighted by atomic mass is 9.97. The Bertz CT molecular complexity index is 1870. The van der Waals surface area contributed by atoms with Gasteiger partial charge in [0.15, 0.2) is 5.82 Å². The van der Waals surface area contributed by atoms with Crippen molar-refractivity contribution in [3.05, 3.63) is 101 Å². The highest BCUT2D eigenvalue weighted by Crippen LogP contribution is 2.38. The van der Waals surface area contributed by atoms with Crippen molar-refractivity contribution in [3.63, 3.8) is 0 Å². The molecule has 0 saturated carbocycles. The van der Waals surface area contributed by atoms with Gasteiger partial charge in [-0.3, -0.25) is 4.90 Å². The predicted molar refractivity (Wildman–Crippen MR) is 176 cm³/mol. The fraction of sp³-hybridized carbons (Fsp3) is 0.343. The maximum absolute atomic E-state index is 14.2. The molecule has 0 N–H and O–H groups in total. The van der Waals surface area contributed by atoms with Gasteiger partial charge in [0.1, 0.15) is 30.2 Å². The summed E-state index contributed by atoms with van der Waals surface area (Å²) in [6, 6.07) is 24.1. The zero-order chi connectivity index (χ0) is 31.7. The lowest BCUT2D eigenvalue weighted by Crippen LogP contribution is -2.39. The largest absolute Gasteiger partial charge is 0.495 e. The van der Waals surface area contributed by atoms with Crippen molar-refractivity contribution in [2.45, 2.75) is 58.5 Å². The predicted octanol–water partition coefficient (Wildman–Crippen LogP) is 7.15. The molecular formula is C35H39FN6O2Si. The van der Waals surface area contributed by atoms with Crippen LogP contribution in [0.5, 0.6) is 5.75 Å². The number of methoxy groups -OCH3 is 1. The lowest BCUT2D eigenvalue weighted by molar-refractivity contribution is 0.0912. The van der Waals surface area contributed by atoms with Gasteiger partial charge in [0.05, 0.1) is 36.5 Å². The molecular weight excluding hydrogens is 584 g/mol. The van der Waals surface area contributed by atoms with E-state index in [1.165, 1.54) is 11.6 Å². The van der Waals surface area contributed by atoms with Crippen molar-refractivity contribution in [2.75, 3.05) is 20.3 Å². The Morgan fingerprint density at radius 2 is 1.84 bits per heavy atom. The quantitative estimate of drug-likeness (QED) is 0.122. The SMILES string of the molecule is COc1c(C#N)ccc2c1cc(-c1nc3n(n1)CCN(Cc1ccccc1)C3c1ccc(F)cc1C)n2COCC[Si](C)(C)C. The number of nitriles is 1. The molecule has 6 rings (SSSR count). The number of fused-ring (bicyclic) bond motifs is 2. The average molecular weight is 623 g/mol. The summed E-state index contributed by atoms with van der Waals surface area (Å²) in [5, 5.41) is 15.6. The van der Waals surface area contributed by atoms with E-state index in [-0.39, 0.29) is 11.9 Å². The summed E-state index contributed by atoms with van der Waals surface area (Å²) in [5.74, 6) is 1.65. The van der Waals surface area contributed by atoms with Gasteiger partial charge in [-0.15, -0.1) is 5.10 Å². The van der Waals surface area contributed by atoms with Crippen LogP contribution in [0.1, 0.15) is 34.1 Å². The normalized spacial score (nSPS) is 15.3. The van der Waals surface area contributed by atoms with E-state index in [9.17, 15) is 9.65 Å². The van der Waals surface area contributed by atoms with Crippen LogP contribution in [0, 0.1) is 24.1 Å². The van der Waals surface area contributed by atoms with Crippen LogP contribution in [0.25, 0.3) is 22.4 Å². The van der Waals surface area contributed by atoms with Crippen molar-refractivity contribution in [1.82, 2.24) is 24.2 Å². The molecule has 0 spiro atoms. The first-order chi connectivity index (χ1) is 21.7. The van der Waals surface area contributed by atoms with Gasteiger partial charge in [0.25, 0.3) is 0 Å². The summed E-state index contributed by atoms with van der Waals surface area (Å²) in [7, 11) is 0.311. The van der Waals surface area contributed by atoms with Crippen LogP contribution in [0.2, 0.25) is 25.7 Å². The minimum Gasteiger partial charge on any atom is -0.495 e.